The minimum absolute atomic E-state index is 0.0697. The van der Waals surface area contributed by atoms with Crippen LogP contribution in [-0.4, -0.2) is 29.4 Å². The maximum atomic E-state index is 11.6. The average molecular weight is 223 g/mol. The zero-order valence-corrected chi connectivity index (χ0v) is 10.1. The molecule has 1 saturated carbocycles. The molecule has 0 aromatic carbocycles. The van der Waals surface area contributed by atoms with E-state index in [4.69, 9.17) is 5.73 Å². The van der Waals surface area contributed by atoms with Gasteiger partial charge in [-0.25, -0.2) is 4.79 Å². The summed E-state index contributed by atoms with van der Waals surface area (Å²) < 4.78 is 0. The molecule has 4 heteroatoms. The third-order valence-corrected chi connectivity index (χ3v) is 3.87. The van der Waals surface area contributed by atoms with Crippen molar-refractivity contribution >= 4 is 11.9 Å². The molecule has 2 rings (SSSR count). The molecular weight excluding hydrogens is 202 g/mol. The van der Waals surface area contributed by atoms with Crippen LogP contribution in [0.2, 0.25) is 0 Å². The summed E-state index contributed by atoms with van der Waals surface area (Å²) in [5.41, 5.74) is 5.90. The van der Waals surface area contributed by atoms with Gasteiger partial charge in [0.05, 0.1) is 6.04 Å². The van der Waals surface area contributed by atoms with Gasteiger partial charge in [-0.05, 0) is 31.6 Å². The fourth-order valence-electron chi connectivity index (χ4n) is 3.12. The lowest BCUT2D eigenvalue weighted by molar-refractivity contribution is 0.166. The van der Waals surface area contributed by atoms with E-state index in [-0.39, 0.29) is 12.1 Å². The van der Waals surface area contributed by atoms with Gasteiger partial charge in [0.2, 0.25) is 0 Å². The third kappa shape index (κ3) is 1.93. The Labute approximate surface area is 96.9 Å². The molecule has 0 saturated heterocycles. The van der Waals surface area contributed by atoms with Gasteiger partial charge in [-0.1, -0.05) is 19.8 Å². The molecule has 1 heterocycles. The van der Waals surface area contributed by atoms with E-state index in [2.05, 4.69) is 11.9 Å². The van der Waals surface area contributed by atoms with Crippen molar-refractivity contribution in [2.45, 2.75) is 45.6 Å². The second-order valence-electron chi connectivity index (χ2n) is 5.08. The van der Waals surface area contributed by atoms with Gasteiger partial charge in [-0.2, -0.15) is 4.99 Å². The van der Waals surface area contributed by atoms with Crippen LogP contribution in [0.5, 0.6) is 0 Å². The van der Waals surface area contributed by atoms with E-state index < -0.39 is 0 Å². The fraction of sp³-hybridized carbons (Fsp3) is 0.833. The first-order valence-corrected chi connectivity index (χ1v) is 6.28. The highest BCUT2D eigenvalue weighted by molar-refractivity contribution is 6.02. The Bertz CT molecular complexity index is 313. The minimum Gasteiger partial charge on any atom is -0.385 e. The van der Waals surface area contributed by atoms with Gasteiger partial charge in [0.15, 0.2) is 0 Å². The molecule has 2 aliphatic rings. The van der Waals surface area contributed by atoms with E-state index >= 15 is 0 Å². The predicted octanol–water partition coefficient (Wildman–Crippen LogP) is 1.99. The van der Waals surface area contributed by atoms with Crippen LogP contribution in [0.15, 0.2) is 4.99 Å². The molecule has 3 unspecified atom stereocenters. The first-order valence-electron chi connectivity index (χ1n) is 6.28. The monoisotopic (exact) mass is 223 g/mol. The zero-order chi connectivity index (χ0) is 11.7. The lowest BCUT2D eigenvalue weighted by Gasteiger charge is -2.35. The molecule has 1 aliphatic carbocycles. The van der Waals surface area contributed by atoms with Gasteiger partial charge in [0, 0.05) is 6.54 Å². The molecule has 3 atom stereocenters. The maximum Gasteiger partial charge on any atom is 0.345 e. The number of hydrogen-bond acceptors (Lipinski definition) is 2. The maximum absolute atomic E-state index is 11.6. The van der Waals surface area contributed by atoms with Crippen LogP contribution in [0.4, 0.5) is 4.79 Å². The van der Waals surface area contributed by atoms with Gasteiger partial charge in [-0.3, -0.25) is 0 Å². The van der Waals surface area contributed by atoms with Crippen LogP contribution in [0, 0.1) is 11.8 Å². The number of nitrogens with two attached hydrogens (primary N) is 1. The molecule has 0 bridgehead atoms. The minimum atomic E-state index is -0.150. The van der Waals surface area contributed by atoms with Crippen molar-refractivity contribution in [3.8, 4) is 0 Å². The zero-order valence-electron chi connectivity index (χ0n) is 10.1. The first-order chi connectivity index (χ1) is 7.63. The molecule has 0 spiro atoms. The van der Waals surface area contributed by atoms with Crippen molar-refractivity contribution in [2.24, 2.45) is 22.6 Å². The number of amidine groups is 1. The Kier molecular flexibility index (Phi) is 3.17. The second-order valence-corrected chi connectivity index (χ2v) is 5.08. The molecule has 0 aromatic rings. The number of hydrogen-bond donors (Lipinski definition) is 1. The Morgan fingerprint density at radius 1 is 1.50 bits per heavy atom. The fourth-order valence-corrected chi connectivity index (χ4v) is 3.12. The van der Waals surface area contributed by atoms with Gasteiger partial charge < -0.3 is 10.6 Å². The lowest BCUT2D eigenvalue weighted by atomic mass is 9.78. The smallest absolute Gasteiger partial charge is 0.345 e. The number of amides is 2. The molecule has 1 fully saturated rings. The Morgan fingerprint density at radius 3 is 2.88 bits per heavy atom. The predicted molar refractivity (Wildman–Crippen MR) is 64.3 cm³/mol. The van der Waals surface area contributed by atoms with Crippen LogP contribution in [0.1, 0.15) is 39.5 Å². The van der Waals surface area contributed by atoms with E-state index in [0.717, 1.165) is 5.92 Å². The Hall–Kier alpha value is -1.06. The summed E-state index contributed by atoms with van der Waals surface area (Å²) in [6.07, 6.45) is 4.90. The van der Waals surface area contributed by atoms with E-state index in [1.807, 2.05) is 11.8 Å². The van der Waals surface area contributed by atoms with Crippen LogP contribution in [0.25, 0.3) is 0 Å². The second kappa shape index (κ2) is 4.44. The molecule has 2 amide bonds. The molecule has 4 nitrogen and oxygen atoms in total. The van der Waals surface area contributed by atoms with Crippen LogP contribution in [0.3, 0.4) is 0 Å². The van der Waals surface area contributed by atoms with Crippen molar-refractivity contribution in [2.75, 3.05) is 6.54 Å². The molecule has 0 aromatic heterocycles. The van der Waals surface area contributed by atoms with Gasteiger partial charge in [-0.15, -0.1) is 0 Å². The van der Waals surface area contributed by atoms with E-state index in [1.54, 1.807) is 0 Å². The number of likely N-dealkylation sites (N-methyl/N-ethyl adjacent to an activating group) is 1. The third-order valence-electron chi connectivity index (χ3n) is 3.87. The normalized spacial score (nSPS) is 35.4. The first kappa shape index (κ1) is 11.4. The van der Waals surface area contributed by atoms with Gasteiger partial charge >= 0.3 is 6.03 Å². The Balaban J connectivity index is 2.12. The number of aliphatic imine (C=N–C) groups is 1. The molecule has 16 heavy (non-hydrogen) atoms. The standard InChI is InChI=1S/C12H21N3O/c1-3-15-10(11(13)14-12(15)16)9-6-4-5-8(2)7-9/h8-10H,3-7H2,1-2H3,(H2,13,14,16). The SMILES string of the molecule is CCN1C(=O)N=C(N)C1C1CCCC(C)C1. The van der Waals surface area contributed by atoms with Crippen LogP contribution in [-0.2, 0) is 0 Å². The van der Waals surface area contributed by atoms with E-state index in [1.165, 1.54) is 25.7 Å². The summed E-state index contributed by atoms with van der Waals surface area (Å²) in [6.45, 7) is 4.98. The number of carbonyl (C=O) groups is 1. The largest absolute Gasteiger partial charge is 0.385 e. The van der Waals surface area contributed by atoms with Gasteiger partial charge in [0.25, 0.3) is 0 Å². The number of rotatable bonds is 2. The van der Waals surface area contributed by atoms with Gasteiger partial charge in [0.1, 0.15) is 5.84 Å². The molecular formula is C12H21N3O. The summed E-state index contributed by atoms with van der Waals surface area (Å²) in [5.74, 6) is 1.80. The highest BCUT2D eigenvalue weighted by Crippen LogP contribution is 2.34. The quantitative estimate of drug-likeness (QED) is 0.778. The number of nitrogens with zero attached hydrogens (tertiary/aromatic N) is 2. The summed E-state index contributed by atoms with van der Waals surface area (Å²) in [7, 11) is 0. The van der Waals surface area contributed by atoms with Crippen LogP contribution < -0.4 is 5.73 Å². The molecule has 90 valence electrons. The Morgan fingerprint density at radius 2 is 2.25 bits per heavy atom. The summed E-state index contributed by atoms with van der Waals surface area (Å²) in [4.78, 5) is 17.3. The van der Waals surface area contributed by atoms with Crippen molar-refractivity contribution in [1.29, 1.82) is 0 Å². The van der Waals surface area contributed by atoms with E-state index in [9.17, 15) is 4.79 Å². The molecule has 1 aliphatic heterocycles. The number of urea groups is 1. The average Bonchev–Trinajstić information content (AvgIpc) is 2.52. The van der Waals surface area contributed by atoms with E-state index in [0.29, 0.717) is 18.3 Å². The topological polar surface area (TPSA) is 58.7 Å². The highest BCUT2D eigenvalue weighted by Gasteiger charge is 2.39. The lowest BCUT2D eigenvalue weighted by Crippen LogP contribution is -2.46. The van der Waals surface area contributed by atoms with Crippen LogP contribution >= 0.6 is 0 Å². The summed E-state index contributed by atoms with van der Waals surface area (Å²) in [6, 6.07) is -0.0801. The molecule has 0 radical (unpaired) electrons. The molecule has 2 N–H and O–H groups in total. The van der Waals surface area contributed by atoms with Crippen molar-refractivity contribution in [1.82, 2.24) is 4.90 Å². The van der Waals surface area contributed by atoms with Crippen molar-refractivity contribution < 1.29 is 4.79 Å². The summed E-state index contributed by atoms with van der Waals surface area (Å²) in [5, 5.41) is 0. The van der Waals surface area contributed by atoms with Crippen molar-refractivity contribution in [3.63, 3.8) is 0 Å². The number of carbonyl (C=O) groups excluding carboxylic acids is 1. The van der Waals surface area contributed by atoms with Crippen molar-refractivity contribution in [3.05, 3.63) is 0 Å². The summed E-state index contributed by atoms with van der Waals surface area (Å²) >= 11 is 0. The highest BCUT2D eigenvalue weighted by atomic mass is 16.2.